The van der Waals surface area contributed by atoms with Gasteiger partial charge in [-0.05, 0) is 23.0 Å². The Morgan fingerprint density at radius 2 is 2.21 bits per heavy atom. The van der Waals surface area contributed by atoms with Gasteiger partial charge in [0.15, 0.2) is 5.78 Å². The highest BCUT2D eigenvalue weighted by Gasteiger charge is 2.10. The van der Waals surface area contributed by atoms with E-state index in [4.69, 9.17) is 0 Å². The monoisotopic (exact) mass is 308 g/mol. The van der Waals surface area contributed by atoms with E-state index in [0.29, 0.717) is 6.42 Å². The topological polar surface area (TPSA) is 37.3 Å². The van der Waals surface area contributed by atoms with Gasteiger partial charge in [0, 0.05) is 12.5 Å². The summed E-state index contributed by atoms with van der Waals surface area (Å²) in [6.45, 7) is 0. The number of hydrogen-bond donors (Lipinski definition) is 1. The van der Waals surface area contributed by atoms with Gasteiger partial charge >= 0.3 is 0 Å². The molecule has 0 amide bonds. The van der Waals surface area contributed by atoms with Crippen molar-refractivity contribution in [2.24, 2.45) is 0 Å². The van der Waals surface area contributed by atoms with Gasteiger partial charge in [0.1, 0.15) is 11.6 Å². The van der Waals surface area contributed by atoms with Gasteiger partial charge in [0.25, 0.3) is 0 Å². The quantitative estimate of drug-likeness (QED) is 0.527. The largest absolute Gasteiger partial charge is 0.507 e. The molecule has 0 fully saturated rings. The summed E-state index contributed by atoms with van der Waals surface area (Å²) in [6, 6.07) is 3.45. The summed E-state index contributed by atoms with van der Waals surface area (Å²) in [6.07, 6.45) is 1.17. The first kappa shape index (κ1) is 11.4. The fraction of sp³-hybridized carbons (Fsp3) is 0.300. The number of aromatic hydroxyl groups is 1. The Labute approximate surface area is 95.3 Å². The smallest absolute Gasteiger partial charge is 0.166 e. The third-order valence-electron chi connectivity index (χ3n) is 1.80. The van der Waals surface area contributed by atoms with Gasteiger partial charge in [-0.15, -0.1) is 0 Å². The van der Waals surface area contributed by atoms with Gasteiger partial charge in [0.2, 0.25) is 0 Å². The second-order valence-corrected chi connectivity index (χ2v) is 3.96. The number of halogens is 2. The first-order valence-electron chi connectivity index (χ1n) is 4.23. The zero-order valence-corrected chi connectivity index (χ0v) is 9.62. The van der Waals surface area contributed by atoms with Gasteiger partial charge in [-0.25, -0.2) is 4.39 Å². The zero-order chi connectivity index (χ0) is 10.6. The van der Waals surface area contributed by atoms with Crippen molar-refractivity contribution in [2.45, 2.75) is 12.8 Å². The Kier molecular flexibility index (Phi) is 4.31. The van der Waals surface area contributed by atoms with Crippen LogP contribution >= 0.6 is 22.6 Å². The Morgan fingerprint density at radius 1 is 1.50 bits per heavy atom. The normalized spacial score (nSPS) is 10.1. The molecule has 0 bridgehead atoms. The van der Waals surface area contributed by atoms with Crippen LogP contribution in [0.4, 0.5) is 4.39 Å². The molecule has 0 aliphatic carbocycles. The van der Waals surface area contributed by atoms with Gasteiger partial charge in [-0.1, -0.05) is 22.6 Å². The maximum atomic E-state index is 12.6. The molecule has 2 nitrogen and oxygen atoms in total. The molecule has 0 aliphatic heterocycles. The summed E-state index contributed by atoms with van der Waals surface area (Å²) in [4.78, 5) is 11.4. The Balaban J connectivity index is 2.80. The van der Waals surface area contributed by atoms with Crippen molar-refractivity contribution in [1.29, 1.82) is 0 Å². The number of hydrogen-bond acceptors (Lipinski definition) is 2. The Bertz CT molecular complexity index is 339. The van der Waals surface area contributed by atoms with E-state index in [2.05, 4.69) is 22.6 Å². The van der Waals surface area contributed by atoms with Crippen molar-refractivity contribution in [2.75, 3.05) is 4.43 Å². The number of phenols is 1. The van der Waals surface area contributed by atoms with Crippen LogP contribution in [0.2, 0.25) is 0 Å². The van der Waals surface area contributed by atoms with Gasteiger partial charge in [-0.3, -0.25) is 4.79 Å². The molecule has 0 aliphatic rings. The molecular formula is C10H10FIO2. The summed E-state index contributed by atoms with van der Waals surface area (Å²) < 4.78 is 13.5. The highest BCUT2D eigenvalue weighted by atomic mass is 127. The van der Waals surface area contributed by atoms with E-state index in [-0.39, 0.29) is 17.1 Å². The predicted octanol–water partition coefficient (Wildman–Crippen LogP) is 2.93. The molecule has 4 heteroatoms. The standard InChI is InChI=1S/C10H10FIO2/c11-7-3-4-8(10(14)6-7)9(13)2-1-5-12/h3-4,6,14H,1-2,5H2. The Morgan fingerprint density at radius 3 is 2.79 bits per heavy atom. The number of phenolic OH excluding ortho intramolecular Hbond substituents is 1. The highest BCUT2D eigenvalue weighted by Crippen LogP contribution is 2.20. The maximum Gasteiger partial charge on any atom is 0.166 e. The molecule has 0 radical (unpaired) electrons. The second kappa shape index (κ2) is 5.29. The molecule has 0 spiro atoms. The Hall–Kier alpha value is -0.650. The summed E-state index contributed by atoms with van der Waals surface area (Å²) >= 11 is 2.18. The van der Waals surface area contributed by atoms with Crippen LogP contribution in [-0.4, -0.2) is 15.3 Å². The van der Waals surface area contributed by atoms with E-state index in [1.807, 2.05) is 0 Å². The molecule has 76 valence electrons. The summed E-state index contributed by atoms with van der Waals surface area (Å²) in [5.41, 5.74) is 0.205. The lowest BCUT2D eigenvalue weighted by Gasteiger charge is -2.02. The summed E-state index contributed by atoms with van der Waals surface area (Å²) in [7, 11) is 0. The van der Waals surface area contributed by atoms with E-state index in [0.717, 1.165) is 16.9 Å². The number of carbonyl (C=O) groups is 1. The molecule has 0 saturated carbocycles. The van der Waals surface area contributed by atoms with E-state index in [9.17, 15) is 14.3 Å². The first-order valence-corrected chi connectivity index (χ1v) is 5.75. The number of benzene rings is 1. The molecule has 1 N–H and O–H groups in total. The van der Waals surface area contributed by atoms with Crippen LogP contribution < -0.4 is 0 Å². The van der Waals surface area contributed by atoms with Crippen molar-refractivity contribution in [3.05, 3.63) is 29.6 Å². The minimum absolute atomic E-state index is 0.140. The van der Waals surface area contributed by atoms with Crippen LogP contribution in [0.25, 0.3) is 0 Å². The molecule has 1 aromatic carbocycles. The SMILES string of the molecule is O=C(CCCI)c1ccc(F)cc1O. The van der Waals surface area contributed by atoms with E-state index in [1.165, 1.54) is 12.1 Å². The van der Waals surface area contributed by atoms with E-state index in [1.54, 1.807) is 0 Å². The van der Waals surface area contributed by atoms with E-state index < -0.39 is 5.82 Å². The average Bonchev–Trinajstić information content (AvgIpc) is 2.14. The molecule has 0 heterocycles. The van der Waals surface area contributed by atoms with Crippen molar-refractivity contribution in [1.82, 2.24) is 0 Å². The maximum absolute atomic E-state index is 12.6. The van der Waals surface area contributed by atoms with Crippen LogP contribution in [0.5, 0.6) is 5.75 Å². The number of alkyl halides is 1. The molecule has 1 rings (SSSR count). The zero-order valence-electron chi connectivity index (χ0n) is 7.46. The highest BCUT2D eigenvalue weighted by molar-refractivity contribution is 14.1. The summed E-state index contributed by atoms with van der Waals surface area (Å²) in [5.74, 6) is -0.949. The fourth-order valence-electron chi connectivity index (χ4n) is 1.10. The van der Waals surface area contributed by atoms with Crippen molar-refractivity contribution < 1.29 is 14.3 Å². The number of Topliss-reactive ketones (excluding diaryl/α,β-unsaturated/α-hetero) is 1. The van der Waals surface area contributed by atoms with Crippen LogP contribution in [0.1, 0.15) is 23.2 Å². The number of carbonyl (C=O) groups excluding carboxylic acids is 1. The molecule has 0 atom stereocenters. The first-order chi connectivity index (χ1) is 6.65. The lowest BCUT2D eigenvalue weighted by atomic mass is 10.1. The van der Waals surface area contributed by atoms with Crippen LogP contribution in [-0.2, 0) is 0 Å². The van der Waals surface area contributed by atoms with E-state index >= 15 is 0 Å². The number of ketones is 1. The van der Waals surface area contributed by atoms with Crippen LogP contribution in [0.15, 0.2) is 18.2 Å². The second-order valence-electron chi connectivity index (χ2n) is 2.88. The lowest BCUT2D eigenvalue weighted by molar-refractivity contribution is 0.0979. The van der Waals surface area contributed by atoms with Gasteiger partial charge in [0.05, 0.1) is 5.56 Å². The lowest BCUT2D eigenvalue weighted by Crippen LogP contribution is -1.99. The van der Waals surface area contributed by atoms with Crippen molar-refractivity contribution in [3.63, 3.8) is 0 Å². The van der Waals surface area contributed by atoms with Crippen LogP contribution in [0, 0.1) is 5.82 Å². The van der Waals surface area contributed by atoms with Gasteiger partial charge in [-0.2, -0.15) is 0 Å². The van der Waals surface area contributed by atoms with Crippen LogP contribution in [0.3, 0.4) is 0 Å². The third-order valence-corrected chi connectivity index (χ3v) is 2.56. The van der Waals surface area contributed by atoms with Gasteiger partial charge < -0.3 is 5.11 Å². The molecule has 0 unspecified atom stereocenters. The summed E-state index contributed by atoms with van der Waals surface area (Å²) in [5, 5.41) is 9.30. The molecule has 14 heavy (non-hydrogen) atoms. The molecule has 0 aromatic heterocycles. The fourth-order valence-corrected chi connectivity index (χ4v) is 1.48. The molecule has 1 aromatic rings. The minimum Gasteiger partial charge on any atom is -0.507 e. The molecule has 0 saturated heterocycles. The van der Waals surface area contributed by atoms with Crippen molar-refractivity contribution >= 4 is 28.4 Å². The minimum atomic E-state index is -0.534. The predicted molar refractivity (Wildman–Crippen MR) is 60.5 cm³/mol. The average molecular weight is 308 g/mol. The number of rotatable bonds is 4. The third kappa shape index (κ3) is 2.94. The molecular weight excluding hydrogens is 298 g/mol. The van der Waals surface area contributed by atoms with Crippen molar-refractivity contribution in [3.8, 4) is 5.75 Å².